The van der Waals surface area contributed by atoms with Crippen LogP contribution < -0.4 is 10.1 Å². The molecule has 43 heavy (non-hydrogen) atoms. The number of hydrogen-bond donors (Lipinski definition) is 1. The summed E-state index contributed by atoms with van der Waals surface area (Å²) in [5.74, 6) is -0.0439. The Morgan fingerprint density at radius 1 is 0.860 bits per heavy atom. The molecule has 2 amide bonds. The summed E-state index contributed by atoms with van der Waals surface area (Å²) in [6.07, 6.45) is -0.509. The third-order valence-corrected chi connectivity index (χ3v) is 8.83. The van der Waals surface area contributed by atoms with Crippen molar-refractivity contribution in [3.63, 3.8) is 0 Å². The zero-order valence-corrected chi connectivity index (χ0v) is 24.3. The van der Waals surface area contributed by atoms with E-state index < -0.39 is 23.5 Å². The summed E-state index contributed by atoms with van der Waals surface area (Å²) in [5, 5.41) is 2.47. The predicted molar refractivity (Wildman–Crippen MR) is 166 cm³/mol. The van der Waals surface area contributed by atoms with Crippen LogP contribution in [-0.4, -0.2) is 47.0 Å². The number of nitrogens with zero attached hydrogens (tertiary/aromatic N) is 1. The van der Waals surface area contributed by atoms with E-state index in [2.05, 4.69) is 5.32 Å². The van der Waals surface area contributed by atoms with Crippen molar-refractivity contribution < 1.29 is 23.9 Å². The summed E-state index contributed by atoms with van der Waals surface area (Å²) in [6.45, 7) is 0. The van der Waals surface area contributed by atoms with Crippen molar-refractivity contribution in [1.29, 1.82) is 0 Å². The summed E-state index contributed by atoms with van der Waals surface area (Å²) in [5.41, 5.74) is 4.17. The first-order valence-corrected chi connectivity index (χ1v) is 15.0. The molecule has 0 spiro atoms. The van der Waals surface area contributed by atoms with Crippen LogP contribution >= 0.6 is 11.8 Å². The first-order chi connectivity index (χ1) is 21.0. The lowest BCUT2D eigenvalue weighted by Crippen LogP contribution is -2.70. The standard InChI is InChI=1S/C35H30N2O5S/c1-41-27-19-17-24(18-20-27)28-22-43-34-30(36-29(38)21-23-11-5-2-6-12-23)33(39)37(34)31(28)35(40)42-32(25-13-7-3-8-14-25)26-15-9-4-10-16-26/h2-20,30,32,34H,21-22H2,1H3,(H,36,38)/t30?,34-/m0/s1. The number of hydrogen-bond acceptors (Lipinski definition) is 6. The van der Waals surface area contributed by atoms with Crippen LogP contribution in [0.3, 0.4) is 0 Å². The number of methoxy groups -OCH3 is 1. The molecule has 0 bridgehead atoms. The lowest BCUT2D eigenvalue weighted by atomic mass is 9.98. The van der Waals surface area contributed by atoms with Gasteiger partial charge in [0.2, 0.25) is 5.91 Å². The van der Waals surface area contributed by atoms with Crippen LogP contribution in [0.2, 0.25) is 0 Å². The van der Waals surface area contributed by atoms with E-state index in [9.17, 15) is 14.4 Å². The van der Waals surface area contributed by atoms with Gasteiger partial charge in [0.25, 0.3) is 5.91 Å². The van der Waals surface area contributed by atoms with Crippen LogP contribution in [0.4, 0.5) is 0 Å². The Hall–Kier alpha value is -4.82. The Bertz CT molecular complexity index is 1600. The minimum Gasteiger partial charge on any atom is -0.497 e. The molecule has 7 nitrogen and oxygen atoms in total. The molecule has 4 aromatic carbocycles. The molecule has 2 atom stereocenters. The summed E-state index contributed by atoms with van der Waals surface area (Å²) in [7, 11) is 1.59. The van der Waals surface area contributed by atoms with E-state index in [1.807, 2.05) is 115 Å². The molecule has 0 aliphatic carbocycles. The number of carbonyl (C=O) groups excluding carboxylic acids is 3. The number of esters is 1. The van der Waals surface area contributed by atoms with Gasteiger partial charge in [0.15, 0.2) is 6.10 Å². The van der Waals surface area contributed by atoms with E-state index in [4.69, 9.17) is 9.47 Å². The highest BCUT2D eigenvalue weighted by Crippen LogP contribution is 2.44. The molecule has 216 valence electrons. The number of carbonyl (C=O) groups is 3. The van der Waals surface area contributed by atoms with Gasteiger partial charge in [-0.2, -0.15) is 0 Å². The van der Waals surface area contributed by atoms with Gasteiger partial charge in [-0.05, 0) is 34.4 Å². The van der Waals surface area contributed by atoms with Crippen LogP contribution in [-0.2, 0) is 25.5 Å². The zero-order chi connectivity index (χ0) is 29.8. The Kier molecular flexibility index (Phi) is 8.29. The van der Waals surface area contributed by atoms with Gasteiger partial charge in [-0.15, -0.1) is 11.8 Å². The summed E-state index contributed by atoms with van der Waals surface area (Å²) < 4.78 is 11.6. The number of ether oxygens (including phenoxy) is 2. The number of benzene rings is 4. The Morgan fingerprint density at radius 2 is 1.44 bits per heavy atom. The first kappa shape index (κ1) is 28.3. The highest BCUT2D eigenvalue weighted by Gasteiger charge is 2.54. The third kappa shape index (κ3) is 5.92. The molecule has 0 aromatic heterocycles. The van der Waals surface area contributed by atoms with Crippen molar-refractivity contribution in [2.75, 3.05) is 12.9 Å². The molecule has 1 fully saturated rings. The van der Waals surface area contributed by atoms with Gasteiger partial charge in [0, 0.05) is 11.3 Å². The van der Waals surface area contributed by atoms with Crippen LogP contribution in [0.15, 0.2) is 121 Å². The fraction of sp³-hybridized carbons (Fsp3) is 0.171. The maximum absolute atomic E-state index is 14.2. The molecule has 1 saturated heterocycles. The fourth-order valence-corrected chi connectivity index (χ4v) is 6.75. The smallest absolute Gasteiger partial charge is 0.356 e. The molecule has 4 aromatic rings. The molecular formula is C35H30N2O5S. The molecule has 8 heteroatoms. The number of β-lactam (4-membered cyclic amide) rings is 1. The Morgan fingerprint density at radius 3 is 2.02 bits per heavy atom. The second kappa shape index (κ2) is 12.6. The van der Waals surface area contributed by atoms with E-state index in [0.29, 0.717) is 17.1 Å². The van der Waals surface area contributed by atoms with Crippen molar-refractivity contribution in [2.45, 2.75) is 23.9 Å². The van der Waals surface area contributed by atoms with Gasteiger partial charge in [-0.3, -0.25) is 14.5 Å². The predicted octanol–water partition coefficient (Wildman–Crippen LogP) is 5.38. The third-order valence-electron chi connectivity index (χ3n) is 7.55. The number of rotatable bonds is 9. The normalized spacial score (nSPS) is 17.6. The van der Waals surface area contributed by atoms with Crippen LogP contribution in [0.1, 0.15) is 28.4 Å². The van der Waals surface area contributed by atoms with E-state index in [1.54, 1.807) is 7.11 Å². The fourth-order valence-electron chi connectivity index (χ4n) is 5.37. The zero-order valence-electron chi connectivity index (χ0n) is 23.5. The van der Waals surface area contributed by atoms with Gasteiger partial charge >= 0.3 is 5.97 Å². The van der Waals surface area contributed by atoms with Gasteiger partial charge in [0.05, 0.1) is 13.5 Å². The van der Waals surface area contributed by atoms with Crippen molar-refractivity contribution in [3.05, 3.63) is 143 Å². The average Bonchev–Trinajstić information content (AvgIpc) is 3.06. The molecule has 1 N–H and O–H groups in total. The van der Waals surface area contributed by atoms with E-state index >= 15 is 0 Å². The minimum absolute atomic E-state index is 0.166. The van der Waals surface area contributed by atoms with Gasteiger partial charge in [-0.1, -0.05) is 103 Å². The summed E-state index contributed by atoms with van der Waals surface area (Å²) in [4.78, 5) is 42.1. The number of fused-ring (bicyclic) bond motifs is 1. The van der Waals surface area contributed by atoms with E-state index in [0.717, 1.165) is 22.3 Å². The molecule has 2 aliphatic heterocycles. The van der Waals surface area contributed by atoms with Crippen molar-refractivity contribution in [2.24, 2.45) is 0 Å². The molecule has 2 heterocycles. The van der Waals surface area contributed by atoms with E-state index in [-0.39, 0.29) is 23.9 Å². The average molecular weight is 591 g/mol. The summed E-state index contributed by atoms with van der Waals surface area (Å²) >= 11 is 1.51. The highest BCUT2D eigenvalue weighted by atomic mass is 32.2. The second-order valence-corrected chi connectivity index (χ2v) is 11.4. The topological polar surface area (TPSA) is 84.9 Å². The van der Waals surface area contributed by atoms with Gasteiger partial charge in [-0.25, -0.2) is 4.79 Å². The molecular weight excluding hydrogens is 560 g/mol. The summed E-state index contributed by atoms with van der Waals surface area (Å²) in [6, 6.07) is 35.1. The molecule has 0 radical (unpaired) electrons. The van der Waals surface area contributed by atoms with Crippen molar-refractivity contribution >= 4 is 35.1 Å². The number of nitrogens with one attached hydrogen (secondary N) is 1. The number of amides is 2. The van der Waals surface area contributed by atoms with Gasteiger partial charge < -0.3 is 14.8 Å². The van der Waals surface area contributed by atoms with Crippen LogP contribution in [0, 0.1) is 0 Å². The maximum atomic E-state index is 14.2. The highest BCUT2D eigenvalue weighted by molar-refractivity contribution is 8.00. The van der Waals surface area contributed by atoms with Crippen molar-refractivity contribution in [3.8, 4) is 5.75 Å². The van der Waals surface area contributed by atoms with Crippen LogP contribution in [0.5, 0.6) is 5.75 Å². The monoisotopic (exact) mass is 590 g/mol. The lowest BCUT2D eigenvalue weighted by Gasteiger charge is -2.50. The number of thioether (sulfide) groups is 1. The largest absolute Gasteiger partial charge is 0.497 e. The molecule has 2 aliphatic rings. The maximum Gasteiger partial charge on any atom is 0.356 e. The first-order valence-electron chi connectivity index (χ1n) is 14.0. The second-order valence-electron chi connectivity index (χ2n) is 10.3. The molecule has 6 rings (SSSR count). The van der Waals surface area contributed by atoms with Gasteiger partial charge in [0.1, 0.15) is 22.9 Å². The minimum atomic E-state index is -0.736. The quantitative estimate of drug-likeness (QED) is 0.208. The van der Waals surface area contributed by atoms with Crippen molar-refractivity contribution in [1.82, 2.24) is 10.2 Å². The molecule has 0 saturated carbocycles. The van der Waals surface area contributed by atoms with E-state index in [1.165, 1.54) is 16.7 Å². The SMILES string of the molecule is COc1ccc(C2=C(C(=O)OC(c3ccccc3)c3ccccc3)N3C(=O)C(NC(=O)Cc4ccccc4)[C@@H]3SC2)cc1. The Balaban J connectivity index is 1.32. The van der Waals surface area contributed by atoms with Crippen LogP contribution in [0.25, 0.3) is 5.57 Å². The lowest BCUT2D eigenvalue weighted by molar-refractivity contribution is -0.154. The Labute approximate surface area is 254 Å². The molecule has 1 unspecified atom stereocenters.